The molecule has 24 heavy (non-hydrogen) atoms. The van der Waals surface area contributed by atoms with E-state index in [9.17, 15) is 9.90 Å². The van der Waals surface area contributed by atoms with Crippen LogP contribution in [-0.2, 0) is 11.8 Å². The molecule has 0 fully saturated rings. The van der Waals surface area contributed by atoms with E-state index in [0.717, 1.165) is 11.1 Å². The van der Waals surface area contributed by atoms with Crippen molar-refractivity contribution < 1.29 is 14.6 Å². The van der Waals surface area contributed by atoms with Gasteiger partial charge in [0.2, 0.25) is 0 Å². The Balaban J connectivity index is 2.18. The van der Waals surface area contributed by atoms with Crippen molar-refractivity contribution in [2.24, 2.45) is 7.05 Å². The lowest BCUT2D eigenvalue weighted by atomic mass is 10.1. The molecule has 0 radical (unpaired) electrons. The molecule has 1 unspecified atom stereocenters. The molecule has 0 saturated heterocycles. The van der Waals surface area contributed by atoms with E-state index in [4.69, 9.17) is 11.3 Å². The standard InChI is InChI=1S/C18H21N3O3/c1-6-14(24-15-8-7-11(2)9-12(15)3)17(22)20-13-10-21(5)18(23)16(13)19-4/h7-10,14,23H,6H2,1-3,5H3,(H,20,22). The second-order valence-electron chi connectivity index (χ2n) is 5.71. The minimum atomic E-state index is -0.688. The number of hydrogen-bond acceptors (Lipinski definition) is 3. The summed E-state index contributed by atoms with van der Waals surface area (Å²) in [6.07, 6.45) is 1.29. The van der Waals surface area contributed by atoms with E-state index in [1.807, 2.05) is 39.0 Å². The first-order valence-electron chi connectivity index (χ1n) is 7.67. The molecule has 0 aliphatic rings. The first-order valence-corrected chi connectivity index (χ1v) is 7.67. The summed E-state index contributed by atoms with van der Waals surface area (Å²) < 4.78 is 7.22. The van der Waals surface area contributed by atoms with Gasteiger partial charge in [-0.25, -0.2) is 4.85 Å². The molecule has 1 aromatic carbocycles. The van der Waals surface area contributed by atoms with Gasteiger partial charge in [-0.1, -0.05) is 24.6 Å². The van der Waals surface area contributed by atoms with Gasteiger partial charge in [0.15, 0.2) is 12.0 Å². The molecule has 2 N–H and O–H groups in total. The number of nitrogens with one attached hydrogen (secondary N) is 1. The summed E-state index contributed by atoms with van der Waals surface area (Å²) >= 11 is 0. The Hall–Kier alpha value is -2.94. The zero-order valence-corrected chi connectivity index (χ0v) is 14.3. The van der Waals surface area contributed by atoms with Gasteiger partial charge < -0.3 is 19.7 Å². The van der Waals surface area contributed by atoms with Gasteiger partial charge in [-0.3, -0.25) is 4.79 Å². The van der Waals surface area contributed by atoms with Crippen molar-refractivity contribution in [2.45, 2.75) is 33.3 Å². The lowest BCUT2D eigenvalue weighted by Crippen LogP contribution is -2.32. The number of nitrogens with zero attached hydrogens (tertiary/aromatic N) is 2. The molecule has 6 heteroatoms. The molecular weight excluding hydrogens is 306 g/mol. The number of carbonyl (C=O) groups is 1. The van der Waals surface area contributed by atoms with Crippen molar-refractivity contribution in [3.05, 3.63) is 46.9 Å². The number of aromatic nitrogens is 1. The van der Waals surface area contributed by atoms with E-state index in [1.165, 1.54) is 10.8 Å². The number of anilines is 1. The number of aryl methyl sites for hydroxylation is 3. The topological polar surface area (TPSA) is 67.8 Å². The van der Waals surface area contributed by atoms with Gasteiger partial charge in [-0.05, 0) is 31.9 Å². The van der Waals surface area contributed by atoms with Crippen LogP contribution in [0.2, 0.25) is 0 Å². The van der Waals surface area contributed by atoms with Crippen molar-refractivity contribution >= 4 is 17.3 Å². The average molecular weight is 327 g/mol. The van der Waals surface area contributed by atoms with Crippen molar-refractivity contribution in [1.29, 1.82) is 0 Å². The third-order valence-corrected chi connectivity index (χ3v) is 3.76. The van der Waals surface area contributed by atoms with E-state index in [2.05, 4.69) is 10.2 Å². The fourth-order valence-electron chi connectivity index (χ4n) is 2.43. The summed E-state index contributed by atoms with van der Waals surface area (Å²) in [4.78, 5) is 15.7. The zero-order valence-electron chi connectivity index (χ0n) is 14.3. The summed E-state index contributed by atoms with van der Waals surface area (Å²) in [7, 11) is 1.60. The van der Waals surface area contributed by atoms with Crippen molar-refractivity contribution in [2.75, 3.05) is 5.32 Å². The molecule has 1 aromatic heterocycles. The van der Waals surface area contributed by atoms with Gasteiger partial charge in [0.1, 0.15) is 5.75 Å². The minimum absolute atomic E-state index is 0.0206. The molecule has 1 amide bonds. The maximum absolute atomic E-state index is 12.5. The highest BCUT2D eigenvalue weighted by Gasteiger charge is 2.22. The second-order valence-corrected chi connectivity index (χ2v) is 5.71. The molecule has 126 valence electrons. The summed E-state index contributed by atoms with van der Waals surface area (Å²) in [6.45, 7) is 12.9. The Labute approximate surface area is 141 Å². The number of hydrogen-bond donors (Lipinski definition) is 2. The van der Waals surface area contributed by atoms with E-state index < -0.39 is 6.10 Å². The van der Waals surface area contributed by atoms with Crippen molar-refractivity contribution in [1.82, 2.24) is 4.57 Å². The molecule has 0 saturated carbocycles. The highest BCUT2D eigenvalue weighted by atomic mass is 16.5. The fraction of sp³-hybridized carbons (Fsp3) is 0.333. The van der Waals surface area contributed by atoms with Crippen LogP contribution in [0.5, 0.6) is 11.6 Å². The number of amides is 1. The number of benzene rings is 1. The molecule has 6 nitrogen and oxygen atoms in total. The van der Waals surface area contributed by atoms with E-state index >= 15 is 0 Å². The molecule has 2 aromatic rings. The van der Waals surface area contributed by atoms with Crippen LogP contribution < -0.4 is 10.1 Å². The minimum Gasteiger partial charge on any atom is -0.503 e. The first kappa shape index (κ1) is 17.4. The SMILES string of the molecule is [C-]#[N+]c1c(NC(=O)C(CC)Oc2ccc(C)cc2C)cn(C)c1O. The molecular formula is C18H21N3O3. The third kappa shape index (κ3) is 3.51. The van der Waals surface area contributed by atoms with Crippen LogP contribution >= 0.6 is 0 Å². The quantitative estimate of drug-likeness (QED) is 0.823. The normalized spacial score (nSPS) is 11.6. The molecule has 0 bridgehead atoms. The Morgan fingerprint density at radius 3 is 2.75 bits per heavy atom. The predicted octanol–water partition coefficient (Wildman–Crippen LogP) is 3.69. The molecule has 1 atom stereocenters. The van der Waals surface area contributed by atoms with E-state index in [1.54, 1.807) is 7.05 Å². The summed E-state index contributed by atoms with van der Waals surface area (Å²) in [6, 6.07) is 5.77. The summed E-state index contributed by atoms with van der Waals surface area (Å²) in [5.74, 6) is 0.125. The summed E-state index contributed by atoms with van der Waals surface area (Å²) in [5.41, 5.74) is 2.38. The van der Waals surface area contributed by atoms with Crippen LogP contribution in [0.4, 0.5) is 11.4 Å². The highest BCUT2D eigenvalue weighted by molar-refractivity contribution is 5.98. The zero-order chi connectivity index (χ0) is 17.9. The van der Waals surface area contributed by atoms with Gasteiger partial charge in [0.25, 0.3) is 11.6 Å². The molecule has 0 spiro atoms. The largest absolute Gasteiger partial charge is 0.503 e. The molecule has 0 aliphatic heterocycles. The van der Waals surface area contributed by atoms with E-state index in [-0.39, 0.29) is 23.2 Å². The molecule has 2 rings (SSSR count). The van der Waals surface area contributed by atoms with Crippen LogP contribution in [0.15, 0.2) is 24.4 Å². The van der Waals surface area contributed by atoms with Crippen LogP contribution in [0, 0.1) is 20.4 Å². The predicted molar refractivity (Wildman–Crippen MR) is 92.6 cm³/mol. The van der Waals surface area contributed by atoms with Crippen LogP contribution in [0.3, 0.4) is 0 Å². The van der Waals surface area contributed by atoms with Crippen LogP contribution in [0.1, 0.15) is 24.5 Å². The van der Waals surface area contributed by atoms with Gasteiger partial charge in [0, 0.05) is 13.2 Å². The number of rotatable bonds is 5. The Morgan fingerprint density at radius 2 is 2.17 bits per heavy atom. The van der Waals surface area contributed by atoms with Gasteiger partial charge in [-0.2, -0.15) is 0 Å². The maximum atomic E-state index is 12.5. The van der Waals surface area contributed by atoms with E-state index in [0.29, 0.717) is 12.2 Å². The fourth-order valence-corrected chi connectivity index (χ4v) is 2.43. The van der Waals surface area contributed by atoms with Crippen LogP contribution in [-0.4, -0.2) is 21.7 Å². The summed E-state index contributed by atoms with van der Waals surface area (Å²) in [5, 5.41) is 12.5. The second kappa shape index (κ2) is 7.09. The van der Waals surface area contributed by atoms with Gasteiger partial charge >= 0.3 is 0 Å². The van der Waals surface area contributed by atoms with Crippen molar-refractivity contribution in [3.63, 3.8) is 0 Å². The average Bonchev–Trinajstić information content (AvgIpc) is 2.80. The molecule has 0 aliphatic carbocycles. The lowest BCUT2D eigenvalue weighted by Gasteiger charge is -2.18. The Morgan fingerprint density at radius 1 is 1.46 bits per heavy atom. The first-order chi connectivity index (χ1) is 11.4. The number of aromatic hydroxyl groups is 1. The van der Waals surface area contributed by atoms with Crippen LogP contribution in [0.25, 0.3) is 4.85 Å². The maximum Gasteiger partial charge on any atom is 0.269 e. The number of ether oxygens (including phenoxy) is 1. The van der Waals surface area contributed by atoms with Crippen molar-refractivity contribution in [3.8, 4) is 11.6 Å². The van der Waals surface area contributed by atoms with Gasteiger partial charge in [-0.15, -0.1) is 0 Å². The third-order valence-electron chi connectivity index (χ3n) is 3.76. The Kier molecular flexibility index (Phi) is 5.14. The highest BCUT2D eigenvalue weighted by Crippen LogP contribution is 2.36. The lowest BCUT2D eigenvalue weighted by molar-refractivity contribution is -0.122. The monoisotopic (exact) mass is 327 g/mol. The Bertz CT molecular complexity index is 803. The van der Waals surface area contributed by atoms with Gasteiger partial charge in [0.05, 0.1) is 12.3 Å². The smallest absolute Gasteiger partial charge is 0.269 e. The number of carbonyl (C=O) groups excluding carboxylic acids is 1. The molecule has 1 heterocycles.